The number of rotatable bonds is 5. The summed E-state index contributed by atoms with van der Waals surface area (Å²) in [4.78, 5) is 4.88. The number of fused-ring (bicyclic) bond motifs is 1. The van der Waals surface area contributed by atoms with Gasteiger partial charge in [-0.25, -0.2) is 4.98 Å². The summed E-state index contributed by atoms with van der Waals surface area (Å²) in [6.45, 7) is 15.0. The summed E-state index contributed by atoms with van der Waals surface area (Å²) >= 11 is 0. The zero-order valence-electron chi connectivity index (χ0n) is 17.5. The highest BCUT2D eigenvalue weighted by molar-refractivity contribution is 5.76. The van der Waals surface area contributed by atoms with Crippen molar-refractivity contribution < 1.29 is 4.74 Å². The van der Waals surface area contributed by atoms with Gasteiger partial charge in [0, 0.05) is 12.0 Å². The minimum atomic E-state index is 0.0165. The second kappa shape index (κ2) is 7.38. The maximum Gasteiger partial charge on any atom is 0.119 e. The van der Waals surface area contributed by atoms with Crippen LogP contribution >= 0.6 is 0 Å². The number of aryl methyl sites for hydroxylation is 1. The van der Waals surface area contributed by atoms with Crippen molar-refractivity contribution in [3.05, 3.63) is 59.9 Å². The van der Waals surface area contributed by atoms with Crippen molar-refractivity contribution in [2.45, 2.75) is 65.3 Å². The number of imidazole rings is 1. The van der Waals surface area contributed by atoms with Crippen molar-refractivity contribution in [3.63, 3.8) is 0 Å². The molecule has 0 saturated carbocycles. The Bertz CT molecular complexity index is 893. The first-order valence-corrected chi connectivity index (χ1v) is 9.85. The lowest BCUT2D eigenvalue weighted by Crippen LogP contribution is -2.19. The third-order valence-corrected chi connectivity index (χ3v) is 4.84. The number of hydrogen-bond donors (Lipinski definition) is 0. The molecule has 0 aliphatic carbocycles. The Labute approximate surface area is 163 Å². The van der Waals surface area contributed by atoms with Crippen molar-refractivity contribution in [3.8, 4) is 5.75 Å². The lowest BCUT2D eigenvalue weighted by atomic mass is 9.87. The minimum absolute atomic E-state index is 0.0165. The molecule has 0 unspecified atom stereocenters. The molecule has 0 bridgehead atoms. The third kappa shape index (κ3) is 4.52. The van der Waals surface area contributed by atoms with E-state index in [1.165, 1.54) is 11.1 Å². The highest BCUT2D eigenvalue weighted by Crippen LogP contribution is 2.27. The smallest absolute Gasteiger partial charge is 0.119 e. The van der Waals surface area contributed by atoms with E-state index in [1.807, 2.05) is 0 Å². The molecule has 3 aromatic rings. The first-order valence-electron chi connectivity index (χ1n) is 9.85. The van der Waals surface area contributed by atoms with Gasteiger partial charge in [0.05, 0.1) is 17.6 Å². The van der Waals surface area contributed by atoms with E-state index >= 15 is 0 Å². The highest BCUT2D eigenvalue weighted by atomic mass is 16.5. The van der Waals surface area contributed by atoms with Gasteiger partial charge in [-0.3, -0.25) is 0 Å². The largest absolute Gasteiger partial charge is 0.494 e. The van der Waals surface area contributed by atoms with Crippen LogP contribution in [0.3, 0.4) is 0 Å². The van der Waals surface area contributed by atoms with Crippen LogP contribution in [0.2, 0.25) is 0 Å². The Morgan fingerprint density at radius 1 is 0.852 bits per heavy atom. The molecule has 3 nitrogen and oxygen atoms in total. The first kappa shape index (κ1) is 19.5. The van der Waals surface area contributed by atoms with Crippen molar-refractivity contribution in [1.29, 1.82) is 0 Å². The van der Waals surface area contributed by atoms with Gasteiger partial charge >= 0.3 is 0 Å². The minimum Gasteiger partial charge on any atom is -0.494 e. The third-order valence-electron chi connectivity index (χ3n) is 4.84. The molecule has 1 aromatic heterocycles. The lowest BCUT2D eigenvalue weighted by Gasteiger charge is -2.20. The molecular weight excluding hydrogens is 332 g/mol. The molecule has 0 N–H and O–H groups in total. The first-order chi connectivity index (χ1) is 12.7. The molecule has 1 heterocycles. The number of para-hydroxylation sites is 2. The van der Waals surface area contributed by atoms with E-state index in [-0.39, 0.29) is 10.8 Å². The van der Waals surface area contributed by atoms with Gasteiger partial charge in [0.2, 0.25) is 0 Å². The maximum atomic E-state index is 5.98. The Balaban J connectivity index is 1.66. The Morgan fingerprint density at radius 3 is 2.15 bits per heavy atom. The van der Waals surface area contributed by atoms with Gasteiger partial charge in [-0.2, -0.15) is 0 Å². The molecule has 0 saturated heterocycles. The zero-order chi connectivity index (χ0) is 19.7. The van der Waals surface area contributed by atoms with Crippen LogP contribution in [0.4, 0.5) is 0 Å². The molecule has 0 aliphatic rings. The summed E-state index contributed by atoms with van der Waals surface area (Å²) in [7, 11) is 0. The second-order valence-corrected chi connectivity index (χ2v) is 9.30. The molecule has 3 rings (SSSR count). The van der Waals surface area contributed by atoms with Crippen molar-refractivity contribution in [2.75, 3.05) is 6.61 Å². The molecule has 2 aromatic carbocycles. The van der Waals surface area contributed by atoms with Crippen LogP contribution in [-0.2, 0) is 17.4 Å². The van der Waals surface area contributed by atoms with E-state index in [4.69, 9.17) is 9.72 Å². The van der Waals surface area contributed by atoms with Crippen LogP contribution in [0.5, 0.6) is 5.75 Å². The quantitative estimate of drug-likeness (QED) is 0.511. The van der Waals surface area contributed by atoms with Crippen molar-refractivity contribution in [2.24, 2.45) is 0 Å². The van der Waals surface area contributed by atoms with E-state index in [0.29, 0.717) is 6.61 Å². The molecular formula is C24H32N2O. The molecule has 3 heteroatoms. The number of ether oxygens (including phenoxy) is 1. The van der Waals surface area contributed by atoms with Gasteiger partial charge in [0.25, 0.3) is 0 Å². The molecule has 0 amide bonds. The predicted molar refractivity (Wildman–Crippen MR) is 114 cm³/mol. The Hall–Kier alpha value is -2.29. The standard InChI is InChI=1S/C24H32N2O/c1-23(2,3)18-12-14-19(15-13-18)27-17-9-16-26-21-11-8-7-10-20(21)25-22(26)24(4,5)6/h7-8,10-15H,9,16-17H2,1-6H3. The van der Waals surface area contributed by atoms with E-state index in [2.05, 4.69) is 94.6 Å². The number of hydrogen-bond acceptors (Lipinski definition) is 2. The van der Waals surface area contributed by atoms with Crippen LogP contribution in [0.15, 0.2) is 48.5 Å². The van der Waals surface area contributed by atoms with E-state index < -0.39 is 0 Å². The summed E-state index contributed by atoms with van der Waals surface area (Å²) in [5.41, 5.74) is 3.79. The van der Waals surface area contributed by atoms with Crippen LogP contribution in [0, 0.1) is 0 Å². The highest BCUT2D eigenvalue weighted by Gasteiger charge is 2.22. The second-order valence-electron chi connectivity index (χ2n) is 9.30. The van der Waals surface area contributed by atoms with Crippen molar-refractivity contribution in [1.82, 2.24) is 9.55 Å². The monoisotopic (exact) mass is 364 g/mol. The fourth-order valence-electron chi connectivity index (χ4n) is 3.34. The van der Waals surface area contributed by atoms with Gasteiger partial charge in [0.15, 0.2) is 0 Å². The molecule has 0 fully saturated rings. The van der Waals surface area contributed by atoms with Gasteiger partial charge in [-0.05, 0) is 41.7 Å². The molecule has 0 atom stereocenters. The van der Waals surface area contributed by atoms with Crippen LogP contribution < -0.4 is 4.74 Å². The van der Waals surface area contributed by atoms with E-state index in [0.717, 1.165) is 30.1 Å². The van der Waals surface area contributed by atoms with Gasteiger partial charge < -0.3 is 9.30 Å². The molecule has 0 aliphatic heterocycles. The average Bonchev–Trinajstić information content (AvgIpc) is 2.97. The van der Waals surface area contributed by atoms with Gasteiger partial charge in [-0.1, -0.05) is 65.8 Å². The molecule has 0 spiro atoms. The normalized spacial score (nSPS) is 12.5. The molecule has 27 heavy (non-hydrogen) atoms. The van der Waals surface area contributed by atoms with Crippen LogP contribution in [0.25, 0.3) is 11.0 Å². The van der Waals surface area contributed by atoms with Crippen LogP contribution in [0.1, 0.15) is 59.4 Å². The number of aromatic nitrogens is 2. The topological polar surface area (TPSA) is 27.1 Å². The van der Waals surface area contributed by atoms with E-state index in [1.54, 1.807) is 0 Å². The zero-order valence-corrected chi connectivity index (χ0v) is 17.5. The van der Waals surface area contributed by atoms with Gasteiger partial charge in [-0.15, -0.1) is 0 Å². The summed E-state index contributed by atoms with van der Waals surface area (Å²) in [5.74, 6) is 2.08. The van der Waals surface area contributed by atoms with Crippen LogP contribution in [-0.4, -0.2) is 16.2 Å². The summed E-state index contributed by atoms with van der Waals surface area (Å²) in [5, 5.41) is 0. The summed E-state index contributed by atoms with van der Waals surface area (Å²) < 4.78 is 8.32. The maximum absolute atomic E-state index is 5.98. The van der Waals surface area contributed by atoms with E-state index in [9.17, 15) is 0 Å². The van der Waals surface area contributed by atoms with Gasteiger partial charge in [0.1, 0.15) is 11.6 Å². The summed E-state index contributed by atoms with van der Waals surface area (Å²) in [6.07, 6.45) is 0.949. The van der Waals surface area contributed by atoms with Crippen molar-refractivity contribution >= 4 is 11.0 Å². The summed E-state index contributed by atoms with van der Waals surface area (Å²) in [6, 6.07) is 16.9. The fourth-order valence-corrected chi connectivity index (χ4v) is 3.34. The lowest BCUT2D eigenvalue weighted by molar-refractivity contribution is 0.300. The average molecular weight is 365 g/mol. The Morgan fingerprint density at radius 2 is 1.52 bits per heavy atom. The predicted octanol–water partition coefficient (Wildman–Crippen LogP) is 6.10. The number of nitrogens with zero attached hydrogens (tertiary/aromatic N) is 2. The molecule has 0 radical (unpaired) electrons. The number of benzene rings is 2. The SMILES string of the molecule is CC(C)(C)c1ccc(OCCCn2c(C(C)(C)C)nc3ccccc32)cc1. The molecule has 144 valence electrons. The Kier molecular flexibility index (Phi) is 5.32. The fraction of sp³-hybridized carbons (Fsp3) is 0.458.